The Hall–Kier alpha value is -0.580. The van der Waals surface area contributed by atoms with Crippen LogP contribution < -0.4 is 11.0 Å². The number of furan rings is 2. The van der Waals surface area contributed by atoms with E-state index in [1.165, 1.54) is 75.2 Å². The van der Waals surface area contributed by atoms with Crippen molar-refractivity contribution in [2.45, 2.75) is 114 Å². The summed E-state index contributed by atoms with van der Waals surface area (Å²) >= 11 is 0. The summed E-state index contributed by atoms with van der Waals surface area (Å²) in [5.74, 6) is 0. The number of hydrogen-bond donors (Lipinski definition) is 0. The first kappa shape index (κ1) is 22.6. The SMILES string of the molecule is CC(C)(CCC(C)(C)P(c1ccco1)C1CCCC1)P(c1ccco1)C1CCCC1. The van der Waals surface area contributed by atoms with Gasteiger partial charge in [-0.3, -0.25) is 0 Å². The predicted molar refractivity (Wildman–Crippen MR) is 132 cm³/mol. The zero-order chi connectivity index (χ0) is 21.2. The first-order valence-corrected chi connectivity index (χ1v) is 14.9. The normalized spacial score (nSPS) is 21.3. The Bertz CT molecular complexity index is 685. The van der Waals surface area contributed by atoms with Gasteiger partial charge in [0.05, 0.1) is 12.5 Å². The minimum atomic E-state index is -0.274. The average molecular weight is 447 g/mol. The van der Waals surface area contributed by atoms with Crippen LogP contribution in [0.4, 0.5) is 0 Å². The fourth-order valence-electron chi connectivity index (χ4n) is 5.94. The Morgan fingerprint density at radius 3 is 1.37 bits per heavy atom. The largest absolute Gasteiger partial charge is 0.465 e. The minimum Gasteiger partial charge on any atom is -0.465 e. The number of hydrogen-bond acceptors (Lipinski definition) is 2. The molecule has 2 aliphatic rings. The summed E-state index contributed by atoms with van der Waals surface area (Å²) in [4.78, 5) is 0. The van der Waals surface area contributed by atoms with Gasteiger partial charge in [0.25, 0.3) is 0 Å². The summed E-state index contributed by atoms with van der Waals surface area (Å²) < 4.78 is 12.1. The molecule has 0 aliphatic heterocycles. The topological polar surface area (TPSA) is 26.3 Å². The van der Waals surface area contributed by atoms with Crippen molar-refractivity contribution < 1.29 is 8.83 Å². The van der Waals surface area contributed by atoms with Gasteiger partial charge in [-0.05, 0) is 100 Å². The maximum atomic E-state index is 6.03. The summed E-state index contributed by atoms with van der Waals surface area (Å²) in [5.41, 5.74) is 4.24. The molecule has 30 heavy (non-hydrogen) atoms. The van der Waals surface area contributed by atoms with Crippen molar-refractivity contribution in [1.82, 2.24) is 0 Å². The third-order valence-electron chi connectivity index (χ3n) is 7.52. The molecule has 2 aromatic rings. The molecule has 166 valence electrons. The van der Waals surface area contributed by atoms with Crippen molar-refractivity contribution in [2.24, 2.45) is 0 Å². The van der Waals surface area contributed by atoms with E-state index < -0.39 is 0 Å². The van der Waals surface area contributed by atoms with Crippen LogP contribution in [0.2, 0.25) is 0 Å². The minimum absolute atomic E-state index is 0.274. The molecule has 0 aromatic carbocycles. The van der Waals surface area contributed by atoms with Gasteiger partial charge in [0.1, 0.15) is 11.0 Å². The van der Waals surface area contributed by atoms with E-state index in [-0.39, 0.29) is 15.8 Å². The molecule has 0 bridgehead atoms. The van der Waals surface area contributed by atoms with Crippen molar-refractivity contribution in [3.05, 3.63) is 36.8 Å². The van der Waals surface area contributed by atoms with E-state index >= 15 is 0 Å². The molecule has 0 saturated heterocycles. The lowest BCUT2D eigenvalue weighted by molar-refractivity contribution is 0.509. The molecular weight excluding hydrogens is 406 g/mol. The van der Waals surface area contributed by atoms with E-state index in [1.807, 2.05) is 12.5 Å². The molecule has 4 heteroatoms. The van der Waals surface area contributed by atoms with Crippen LogP contribution in [0.3, 0.4) is 0 Å². The third-order valence-corrected chi connectivity index (χ3v) is 14.5. The Morgan fingerprint density at radius 2 is 1.07 bits per heavy atom. The average Bonchev–Trinajstić information content (AvgIpc) is 3.48. The first-order valence-electron chi connectivity index (χ1n) is 12.0. The zero-order valence-electron chi connectivity index (χ0n) is 19.4. The van der Waals surface area contributed by atoms with E-state index in [0.717, 1.165) is 11.3 Å². The van der Waals surface area contributed by atoms with Gasteiger partial charge < -0.3 is 8.83 Å². The van der Waals surface area contributed by atoms with Crippen LogP contribution in [0.1, 0.15) is 91.9 Å². The Balaban J connectivity index is 1.53. The highest BCUT2D eigenvalue weighted by Crippen LogP contribution is 2.63. The molecule has 2 heterocycles. The van der Waals surface area contributed by atoms with Gasteiger partial charge >= 0.3 is 0 Å². The van der Waals surface area contributed by atoms with E-state index in [4.69, 9.17) is 8.83 Å². The van der Waals surface area contributed by atoms with Gasteiger partial charge in [-0.1, -0.05) is 53.4 Å². The quantitative estimate of drug-likeness (QED) is 0.365. The van der Waals surface area contributed by atoms with E-state index in [0.29, 0.717) is 10.3 Å². The monoisotopic (exact) mass is 446 g/mol. The molecule has 0 amide bonds. The van der Waals surface area contributed by atoms with Crippen molar-refractivity contribution in [3.8, 4) is 0 Å². The smallest absolute Gasteiger partial charge is 0.126 e. The highest BCUT2D eigenvalue weighted by Gasteiger charge is 2.43. The van der Waals surface area contributed by atoms with Gasteiger partial charge in [-0.15, -0.1) is 0 Å². The third kappa shape index (κ3) is 4.91. The van der Waals surface area contributed by atoms with E-state index in [9.17, 15) is 0 Å². The molecule has 0 spiro atoms. The molecule has 2 nitrogen and oxygen atoms in total. The lowest BCUT2D eigenvalue weighted by Gasteiger charge is -2.42. The summed E-state index contributed by atoms with van der Waals surface area (Å²) in [6, 6.07) is 8.70. The lowest BCUT2D eigenvalue weighted by atomic mass is 9.99. The molecule has 4 rings (SSSR count). The summed E-state index contributed by atoms with van der Waals surface area (Å²) in [5, 5.41) is 0.610. The molecule has 0 radical (unpaired) electrons. The van der Waals surface area contributed by atoms with Gasteiger partial charge in [-0.2, -0.15) is 0 Å². The Kier molecular flexibility index (Phi) is 7.16. The van der Waals surface area contributed by atoms with Gasteiger partial charge in [-0.25, -0.2) is 0 Å². The van der Waals surface area contributed by atoms with Gasteiger partial charge in [0.15, 0.2) is 0 Å². The molecule has 2 atom stereocenters. The van der Waals surface area contributed by atoms with Crippen molar-refractivity contribution in [1.29, 1.82) is 0 Å². The Morgan fingerprint density at radius 1 is 0.700 bits per heavy atom. The fraction of sp³-hybridized carbons (Fsp3) is 0.692. The lowest BCUT2D eigenvalue weighted by Crippen LogP contribution is -2.33. The molecule has 2 saturated carbocycles. The second-order valence-electron chi connectivity index (χ2n) is 10.6. The first-order chi connectivity index (χ1) is 14.4. The van der Waals surface area contributed by atoms with Crippen LogP contribution >= 0.6 is 15.8 Å². The van der Waals surface area contributed by atoms with E-state index in [1.54, 1.807) is 0 Å². The van der Waals surface area contributed by atoms with Crippen LogP contribution in [-0.4, -0.2) is 21.6 Å². The predicted octanol–water partition coefficient (Wildman–Crippen LogP) is 8.01. The highest BCUT2D eigenvalue weighted by atomic mass is 31.1. The molecular formula is C26H40O2P2. The summed E-state index contributed by atoms with van der Waals surface area (Å²) in [6.45, 7) is 10.1. The molecule has 2 aliphatic carbocycles. The zero-order valence-corrected chi connectivity index (χ0v) is 21.2. The fourth-order valence-corrected chi connectivity index (χ4v) is 13.1. The van der Waals surface area contributed by atoms with Gasteiger partial charge in [0.2, 0.25) is 0 Å². The molecule has 2 aromatic heterocycles. The summed E-state index contributed by atoms with van der Waals surface area (Å²) in [7, 11) is -0.547. The van der Waals surface area contributed by atoms with Crippen LogP contribution in [-0.2, 0) is 0 Å². The van der Waals surface area contributed by atoms with Crippen LogP contribution in [0.5, 0.6) is 0 Å². The number of rotatable bonds is 9. The van der Waals surface area contributed by atoms with Crippen LogP contribution in [0.25, 0.3) is 0 Å². The maximum absolute atomic E-state index is 6.03. The van der Waals surface area contributed by atoms with E-state index in [2.05, 4.69) is 52.0 Å². The second kappa shape index (κ2) is 9.50. The molecule has 2 fully saturated rings. The van der Waals surface area contributed by atoms with Crippen molar-refractivity contribution >= 4 is 26.8 Å². The standard InChI is InChI=1S/C26H40O2P2/c1-25(2,29(21-11-5-6-12-21)23-15-9-19-27-23)17-18-26(3,4)30(22-13-7-8-14-22)24-16-10-20-28-24/h9-10,15-16,19-22H,5-8,11-14,17-18H2,1-4H3. The van der Waals surface area contributed by atoms with Gasteiger partial charge in [0, 0.05) is 0 Å². The molecule has 2 unspecified atom stereocenters. The highest BCUT2D eigenvalue weighted by molar-refractivity contribution is 7.67. The second-order valence-corrected chi connectivity index (χ2v) is 16.9. The van der Waals surface area contributed by atoms with Crippen molar-refractivity contribution in [3.63, 3.8) is 0 Å². The van der Waals surface area contributed by atoms with Crippen LogP contribution in [0.15, 0.2) is 45.6 Å². The molecule has 0 N–H and O–H groups in total. The van der Waals surface area contributed by atoms with Crippen LogP contribution in [0, 0.1) is 0 Å². The summed E-state index contributed by atoms with van der Waals surface area (Å²) in [6.07, 6.45) is 17.5. The van der Waals surface area contributed by atoms with Crippen molar-refractivity contribution in [2.75, 3.05) is 0 Å². The maximum Gasteiger partial charge on any atom is 0.126 e. The Labute approximate surface area is 186 Å².